The highest BCUT2D eigenvalue weighted by Gasteiger charge is 2.17. The lowest BCUT2D eigenvalue weighted by molar-refractivity contribution is 0.0827. The number of hydrogen-bond donors (Lipinski definition) is 0. The van der Waals surface area contributed by atoms with Gasteiger partial charge in [-0.25, -0.2) is 0 Å². The molecule has 1 amide bonds. The topological polar surface area (TPSA) is 69.5 Å². The number of ether oxygens (including phenoxy) is 2. The summed E-state index contributed by atoms with van der Waals surface area (Å²) in [5.74, 6) is 2.95. The molecule has 0 saturated heterocycles. The minimum Gasteiger partial charge on any atom is -0.497 e. The van der Waals surface area contributed by atoms with E-state index in [0.717, 1.165) is 39.3 Å². The fourth-order valence-corrected chi connectivity index (χ4v) is 4.48. The zero-order valence-corrected chi connectivity index (χ0v) is 21.1. The molecular formula is C27H28N4O3S. The molecule has 0 unspecified atom stereocenters. The molecule has 4 aromatic rings. The van der Waals surface area contributed by atoms with Gasteiger partial charge >= 0.3 is 0 Å². The van der Waals surface area contributed by atoms with Gasteiger partial charge in [-0.05, 0) is 73.2 Å². The second-order valence-electron chi connectivity index (χ2n) is 7.99. The van der Waals surface area contributed by atoms with Crippen molar-refractivity contribution in [2.24, 2.45) is 0 Å². The van der Waals surface area contributed by atoms with E-state index in [9.17, 15) is 4.79 Å². The summed E-state index contributed by atoms with van der Waals surface area (Å²) in [7, 11) is 5.15. The molecule has 3 aromatic carbocycles. The van der Waals surface area contributed by atoms with Crippen LogP contribution in [-0.2, 0) is 5.75 Å². The van der Waals surface area contributed by atoms with Gasteiger partial charge in [0.15, 0.2) is 11.0 Å². The van der Waals surface area contributed by atoms with Crippen molar-refractivity contribution in [1.82, 2.24) is 19.7 Å². The molecule has 0 fully saturated rings. The van der Waals surface area contributed by atoms with Crippen LogP contribution in [0.1, 0.15) is 22.8 Å². The summed E-state index contributed by atoms with van der Waals surface area (Å²) in [5.41, 5.74) is 3.57. The van der Waals surface area contributed by atoms with Crippen LogP contribution in [0.15, 0.2) is 78.0 Å². The first-order chi connectivity index (χ1) is 17.0. The Balaban J connectivity index is 1.67. The Labute approximate surface area is 209 Å². The van der Waals surface area contributed by atoms with Crippen molar-refractivity contribution in [3.8, 4) is 28.6 Å². The lowest BCUT2D eigenvalue weighted by Gasteiger charge is -2.13. The predicted octanol–water partition coefficient (Wildman–Crippen LogP) is 5.34. The van der Waals surface area contributed by atoms with E-state index in [1.54, 1.807) is 37.9 Å². The van der Waals surface area contributed by atoms with Gasteiger partial charge in [-0.3, -0.25) is 9.36 Å². The van der Waals surface area contributed by atoms with Crippen molar-refractivity contribution in [3.63, 3.8) is 0 Å². The number of carbonyl (C=O) groups excluding carboxylic acids is 1. The molecule has 0 atom stereocenters. The second kappa shape index (κ2) is 11.1. The van der Waals surface area contributed by atoms with Crippen LogP contribution in [0.2, 0.25) is 0 Å². The van der Waals surface area contributed by atoms with E-state index in [0.29, 0.717) is 17.9 Å². The molecule has 0 aliphatic rings. The van der Waals surface area contributed by atoms with Crippen LogP contribution < -0.4 is 9.47 Å². The van der Waals surface area contributed by atoms with Crippen molar-refractivity contribution >= 4 is 17.7 Å². The maximum absolute atomic E-state index is 12.4. The van der Waals surface area contributed by atoms with Gasteiger partial charge in [0.25, 0.3) is 5.91 Å². The number of amides is 1. The molecule has 8 heteroatoms. The zero-order chi connectivity index (χ0) is 24.8. The Morgan fingerprint density at radius 2 is 1.69 bits per heavy atom. The summed E-state index contributed by atoms with van der Waals surface area (Å²) in [6.07, 6.45) is 0. The smallest absolute Gasteiger partial charge is 0.253 e. The summed E-state index contributed by atoms with van der Waals surface area (Å²) in [5, 5.41) is 9.78. The first-order valence-electron chi connectivity index (χ1n) is 11.3. The molecule has 0 radical (unpaired) electrons. The molecule has 0 aliphatic carbocycles. The average molecular weight is 489 g/mol. The third-order valence-electron chi connectivity index (χ3n) is 5.34. The minimum absolute atomic E-state index is 0.0174. The highest BCUT2D eigenvalue weighted by Crippen LogP contribution is 2.31. The van der Waals surface area contributed by atoms with Crippen LogP contribution in [-0.4, -0.2) is 53.4 Å². The van der Waals surface area contributed by atoms with E-state index < -0.39 is 0 Å². The van der Waals surface area contributed by atoms with Crippen molar-refractivity contribution in [2.45, 2.75) is 17.8 Å². The minimum atomic E-state index is -0.0174. The standard InChI is InChI=1S/C27H28N4O3S/c1-5-34-24-15-11-22(12-16-24)31-25(20-9-13-23(33-4)14-10-20)28-29-27(31)35-18-19-7-6-8-21(17-19)26(32)30(2)3/h6-17H,5,18H2,1-4H3. The molecule has 0 spiro atoms. The quantitative estimate of drug-likeness (QED) is 0.297. The Hall–Kier alpha value is -3.78. The maximum atomic E-state index is 12.4. The molecule has 0 saturated carbocycles. The maximum Gasteiger partial charge on any atom is 0.253 e. The van der Waals surface area contributed by atoms with E-state index in [2.05, 4.69) is 10.2 Å². The van der Waals surface area contributed by atoms with E-state index in [-0.39, 0.29) is 5.91 Å². The largest absolute Gasteiger partial charge is 0.497 e. The Bertz CT molecular complexity index is 1280. The molecule has 180 valence electrons. The van der Waals surface area contributed by atoms with Crippen LogP contribution >= 0.6 is 11.8 Å². The van der Waals surface area contributed by atoms with Crippen LogP contribution in [0.5, 0.6) is 11.5 Å². The summed E-state index contributed by atoms with van der Waals surface area (Å²) >= 11 is 1.57. The summed E-state index contributed by atoms with van der Waals surface area (Å²) in [6.45, 7) is 2.57. The van der Waals surface area contributed by atoms with E-state index in [1.807, 2.05) is 84.3 Å². The summed E-state index contributed by atoms with van der Waals surface area (Å²) < 4.78 is 13.0. The number of aromatic nitrogens is 3. The molecule has 0 N–H and O–H groups in total. The zero-order valence-electron chi connectivity index (χ0n) is 20.3. The molecule has 4 rings (SSSR count). The highest BCUT2D eigenvalue weighted by molar-refractivity contribution is 7.98. The van der Waals surface area contributed by atoms with Gasteiger partial charge in [0.2, 0.25) is 0 Å². The van der Waals surface area contributed by atoms with Crippen molar-refractivity contribution in [2.75, 3.05) is 27.8 Å². The van der Waals surface area contributed by atoms with Crippen molar-refractivity contribution in [3.05, 3.63) is 83.9 Å². The molecular weight excluding hydrogens is 460 g/mol. The SMILES string of the molecule is CCOc1ccc(-n2c(SCc3cccc(C(=O)N(C)C)c3)nnc2-c2ccc(OC)cc2)cc1. The van der Waals surface area contributed by atoms with Crippen molar-refractivity contribution < 1.29 is 14.3 Å². The lowest BCUT2D eigenvalue weighted by Crippen LogP contribution is -2.21. The van der Waals surface area contributed by atoms with E-state index in [1.165, 1.54) is 0 Å². The number of carbonyl (C=O) groups is 1. The fraction of sp³-hybridized carbons (Fsp3) is 0.222. The summed E-state index contributed by atoms with van der Waals surface area (Å²) in [4.78, 5) is 13.9. The number of thioether (sulfide) groups is 1. The summed E-state index contributed by atoms with van der Waals surface area (Å²) in [6, 6.07) is 23.3. The predicted molar refractivity (Wildman–Crippen MR) is 139 cm³/mol. The van der Waals surface area contributed by atoms with Crippen LogP contribution in [0.4, 0.5) is 0 Å². The monoisotopic (exact) mass is 488 g/mol. The first kappa shape index (κ1) is 24.3. The van der Waals surface area contributed by atoms with Gasteiger partial charge in [0.1, 0.15) is 11.5 Å². The average Bonchev–Trinajstić information content (AvgIpc) is 3.31. The highest BCUT2D eigenvalue weighted by atomic mass is 32.2. The van der Waals surface area contributed by atoms with E-state index in [4.69, 9.17) is 9.47 Å². The van der Waals surface area contributed by atoms with Gasteiger partial charge in [0.05, 0.1) is 13.7 Å². The number of methoxy groups -OCH3 is 1. The molecule has 35 heavy (non-hydrogen) atoms. The number of hydrogen-bond acceptors (Lipinski definition) is 6. The van der Waals surface area contributed by atoms with Gasteiger partial charge in [0, 0.05) is 36.7 Å². The van der Waals surface area contributed by atoms with Crippen LogP contribution in [0.3, 0.4) is 0 Å². The number of benzene rings is 3. The van der Waals surface area contributed by atoms with Crippen LogP contribution in [0.25, 0.3) is 17.1 Å². The van der Waals surface area contributed by atoms with Gasteiger partial charge in [-0.1, -0.05) is 23.9 Å². The Morgan fingerprint density at radius 1 is 0.971 bits per heavy atom. The Morgan fingerprint density at radius 3 is 2.34 bits per heavy atom. The third-order valence-corrected chi connectivity index (χ3v) is 6.34. The fourth-order valence-electron chi connectivity index (χ4n) is 3.58. The molecule has 1 heterocycles. The molecule has 7 nitrogen and oxygen atoms in total. The van der Waals surface area contributed by atoms with Gasteiger partial charge in [-0.2, -0.15) is 0 Å². The van der Waals surface area contributed by atoms with Gasteiger partial charge in [-0.15, -0.1) is 10.2 Å². The number of rotatable bonds is 9. The third kappa shape index (κ3) is 5.66. The van der Waals surface area contributed by atoms with Crippen LogP contribution in [0, 0.1) is 0 Å². The van der Waals surface area contributed by atoms with E-state index >= 15 is 0 Å². The Kier molecular flexibility index (Phi) is 7.72. The first-order valence-corrected chi connectivity index (χ1v) is 12.2. The molecule has 1 aromatic heterocycles. The number of nitrogens with zero attached hydrogens (tertiary/aromatic N) is 4. The normalized spacial score (nSPS) is 10.7. The van der Waals surface area contributed by atoms with Gasteiger partial charge < -0.3 is 14.4 Å². The lowest BCUT2D eigenvalue weighted by atomic mass is 10.1. The molecule has 0 bridgehead atoms. The van der Waals surface area contributed by atoms with Crippen molar-refractivity contribution in [1.29, 1.82) is 0 Å². The second-order valence-corrected chi connectivity index (χ2v) is 8.93. The molecule has 0 aliphatic heterocycles.